The first-order valence-electron chi connectivity index (χ1n) is 5.96. The number of nitrogens with two attached hydrogens (primary N) is 1. The monoisotopic (exact) mass is 240 g/mol. The summed E-state index contributed by atoms with van der Waals surface area (Å²) in [5.41, 5.74) is 6.53. The van der Waals surface area contributed by atoms with Crippen molar-refractivity contribution in [2.45, 2.75) is 25.4 Å². The van der Waals surface area contributed by atoms with Crippen LogP contribution in [-0.4, -0.2) is 24.5 Å². The van der Waals surface area contributed by atoms with Crippen molar-refractivity contribution < 1.29 is 8.78 Å². The Morgan fingerprint density at radius 1 is 1.35 bits per heavy atom. The second kappa shape index (κ2) is 5.10. The van der Waals surface area contributed by atoms with Crippen LogP contribution in [0, 0.1) is 17.6 Å². The van der Waals surface area contributed by atoms with Gasteiger partial charge in [-0.3, -0.25) is 4.90 Å². The van der Waals surface area contributed by atoms with Gasteiger partial charge in [-0.15, -0.1) is 0 Å². The molecule has 0 spiro atoms. The Morgan fingerprint density at radius 3 is 2.59 bits per heavy atom. The highest BCUT2D eigenvalue weighted by atomic mass is 19.2. The third-order valence-electron chi connectivity index (χ3n) is 3.39. The van der Waals surface area contributed by atoms with E-state index in [2.05, 4.69) is 4.90 Å². The minimum atomic E-state index is -0.797. The molecular formula is C13H18F2N2. The minimum absolute atomic E-state index is 0.350. The Kier molecular flexibility index (Phi) is 3.74. The van der Waals surface area contributed by atoms with E-state index in [0.717, 1.165) is 5.56 Å². The summed E-state index contributed by atoms with van der Waals surface area (Å²) in [7, 11) is 1.98. The van der Waals surface area contributed by atoms with Gasteiger partial charge in [0.1, 0.15) is 0 Å². The summed E-state index contributed by atoms with van der Waals surface area (Å²) in [6.07, 6.45) is 2.45. The second-order valence-electron chi connectivity index (χ2n) is 4.80. The van der Waals surface area contributed by atoms with Gasteiger partial charge in [0.2, 0.25) is 0 Å². The Hall–Kier alpha value is -1.00. The lowest BCUT2D eigenvalue weighted by Crippen LogP contribution is -2.39. The van der Waals surface area contributed by atoms with Crippen LogP contribution in [-0.2, 0) is 6.54 Å². The predicted molar refractivity (Wildman–Crippen MR) is 63.4 cm³/mol. The van der Waals surface area contributed by atoms with Crippen LogP contribution in [0.3, 0.4) is 0 Å². The molecule has 0 heterocycles. The molecule has 0 amide bonds. The van der Waals surface area contributed by atoms with E-state index in [4.69, 9.17) is 5.73 Å². The van der Waals surface area contributed by atoms with E-state index in [9.17, 15) is 8.78 Å². The Bertz CT molecular complexity index is 391. The van der Waals surface area contributed by atoms with Crippen molar-refractivity contribution in [2.24, 2.45) is 11.7 Å². The summed E-state index contributed by atoms with van der Waals surface area (Å²) < 4.78 is 25.9. The van der Waals surface area contributed by atoms with E-state index in [1.807, 2.05) is 7.05 Å². The molecular weight excluding hydrogens is 222 g/mol. The van der Waals surface area contributed by atoms with E-state index in [1.165, 1.54) is 25.0 Å². The number of hydrogen-bond donors (Lipinski definition) is 1. The van der Waals surface area contributed by atoms with Crippen LogP contribution >= 0.6 is 0 Å². The topological polar surface area (TPSA) is 29.3 Å². The van der Waals surface area contributed by atoms with Crippen molar-refractivity contribution >= 4 is 0 Å². The molecule has 0 aliphatic heterocycles. The lowest BCUT2D eigenvalue weighted by molar-refractivity contribution is 0.215. The van der Waals surface area contributed by atoms with Crippen LogP contribution in [0.2, 0.25) is 0 Å². The highest BCUT2D eigenvalue weighted by Gasteiger charge is 2.32. The third-order valence-corrected chi connectivity index (χ3v) is 3.39. The van der Waals surface area contributed by atoms with Gasteiger partial charge < -0.3 is 5.73 Å². The van der Waals surface area contributed by atoms with Crippen molar-refractivity contribution in [3.05, 3.63) is 35.4 Å². The normalized spacial score (nSPS) is 17.5. The van der Waals surface area contributed by atoms with Crippen LogP contribution in [0.4, 0.5) is 8.78 Å². The fourth-order valence-electron chi connectivity index (χ4n) is 2.26. The van der Waals surface area contributed by atoms with Gasteiger partial charge in [-0.05, 0) is 43.5 Å². The zero-order chi connectivity index (χ0) is 12.4. The van der Waals surface area contributed by atoms with Gasteiger partial charge in [0.15, 0.2) is 11.6 Å². The second-order valence-corrected chi connectivity index (χ2v) is 4.80. The molecule has 2 rings (SSSR count). The van der Waals surface area contributed by atoms with Crippen LogP contribution in [0.1, 0.15) is 18.4 Å². The number of benzene rings is 1. The van der Waals surface area contributed by atoms with Gasteiger partial charge in [0, 0.05) is 19.1 Å². The standard InChI is InChI=1S/C13H18F2N2/c1-17(13(7-16)10-3-4-10)8-9-2-5-11(14)12(15)6-9/h2,5-6,10,13H,3-4,7-8,16H2,1H3. The molecule has 17 heavy (non-hydrogen) atoms. The Morgan fingerprint density at radius 2 is 2.06 bits per heavy atom. The molecule has 1 aromatic rings. The SMILES string of the molecule is CN(Cc1ccc(F)c(F)c1)C(CN)C1CC1. The number of likely N-dealkylation sites (N-methyl/N-ethyl adjacent to an activating group) is 1. The first kappa shape index (κ1) is 12.5. The highest BCUT2D eigenvalue weighted by Crippen LogP contribution is 2.34. The van der Waals surface area contributed by atoms with Crippen molar-refractivity contribution in [2.75, 3.05) is 13.6 Å². The highest BCUT2D eigenvalue weighted by molar-refractivity contribution is 5.17. The van der Waals surface area contributed by atoms with Crippen LogP contribution in [0.25, 0.3) is 0 Å². The van der Waals surface area contributed by atoms with E-state index in [-0.39, 0.29) is 0 Å². The van der Waals surface area contributed by atoms with Crippen molar-refractivity contribution in [1.82, 2.24) is 4.90 Å². The number of rotatable bonds is 5. The lowest BCUT2D eigenvalue weighted by atomic mass is 10.1. The zero-order valence-electron chi connectivity index (χ0n) is 10.00. The minimum Gasteiger partial charge on any atom is -0.329 e. The molecule has 94 valence electrons. The van der Waals surface area contributed by atoms with Crippen molar-refractivity contribution in [3.63, 3.8) is 0 Å². The smallest absolute Gasteiger partial charge is 0.159 e. The fourth-order valence-corrected chi connectivity index (χ4v) is 2.26. The first-order chi connectivity index (χ1) is 8.11. The Labute approximate surface area is 100 Å². The molecule has 1 aliphatic carbocycles. The fraction of sp³-hybridized carbons (Fsp3) is 0.538. The lowest BCUT2D eigenvalue weighted by Gasteiger charge is -2.27. The van der Waals surface area contributed by atoms with Crippen molar-refractivity contribution in [3.8, 4) is 0 Å². The summed E-state index contributed by atoms with van der Waals surface area (Å²) >= 11 is 0. The van der Waals surface area contributed by atoms with Gasteiger partial charge in [0.05, 0.1) is 0 Å². The molecule has 0 aromatic heterocycles. The molecule has 1 aliphatic rings. The molecule has 2 N–H and O–H groups in total. The molecule has 1 saturated carbocycles. The van der Waals surface area contributed by atoms with Crippen LogP contribution in [0.15, 0.2) is 18.2 Å². The zero-order valence-corrected chi connectivity index (χ0v) is 10.00. The molecule has 4 heteroatoms. The molecule has 1 atom stereocenters. The average Bonchev–Trinajstić information content (AvgIpc) is 3.09. The molecule has 0 saturated heterocycles. The van der Waals surface area contributed by atoms with Gasteiger partial charge in [-0.1, -0.05) is 6.07 Å². The summed E-state index contributed by atoms with van der Waals surface area (Å²) in [5.74, 6) is -0.907. The molecule has 0 radical (unpaired) electrons. The predicted octanol–water partition coefficient (Wildman–Crippen LogP) is 2.13. The van der Waals surface area contributed by atoms with E-state index in [1.54, 1.807) is 6.07 Å². The molecule has 2 nitrogen and oxygen atoms in total. The summed E-state index contributed by atoms with van der Waals surface area (Å²) in [6, 6.07) is 4.40. The maximum Gasteiger partial charge on any atom is 0.159 e. The Balaban J connectivity index is 2.01. The first-order valence-corrected chi connectivity index (χ1v) is 5.96. The summed E-state index contributed by atoms with van der Waals surface area (Å²) in [4.78, 5) is 2.13. The van der Waals surface area contributed by atoms with Crippen molar-refractivity contribution in [1.29, 1.82) is 0 Å². The van der Waals surface area contributed by atoms with E-state index >= 15 is 0 Å². The molecule has 1 aromatic carbocycles. The van der Waals surface area contributed by atoms with Gasteiger partial charge >= 0.3 is 0 Å². The largest absolute Gasteiger partial charge is 0.329 e. The van der Waals surface area contributed by atoms with E-state index < -0.39 is 11.6 Å². The summed E-state index contributed by atoms with van der Waals surface area (Å²) in [6.45, 7) is 1.22. The average molecular weight is 240 g/mol. The number of nitrogens with zero attached hydrogens (tertiary/aromatic N) is 1. The van der Waals surface area contributed by atoms with E-state index in [0.29, 0.717) is 25.0 Å². The molecule has 1 fully saturated rings. The van der Waals surface area contributed by atoms with Gasteiger partial charge in [-0.25, -0.2) is 8.78 Å². The number of halogens is 2. The maximum atomic E-state index is 13.1. The maximum absolute atomic E-state index is 13.1. The van der Waals surface area contributed by atoms with Crippen LogP contribution in [0.5, 0.6) is 0 Å². The summed E-state index contributed by atoms with van der Waals surface area (Å²) in [5, 5.41) is 0. The van der Waals surface area contributed by atoms with Gasteiger partial charge in [0.25, 0.3) is 0 Å². The van der Waals surface area contributed by atoms with Gasteiger partial charge in [-0.2, -0.15) is 0 Å². The molecule has 1 unspecified atom stereocenters. The number of hydrogen-bond acceptors (Lipinski definition) is 2. The molecule has 0 bridgehead atoms. The quantitative estimate of drug-likeness (QED) is 0.854. The third kappa shape index (κ3) is 3.01. The van der Waals surface area contributed by atoms with Crippen LogP contribution < -0.4 is 5.73 Å².